The van der Waals surface area contributed by atoms with E-state index in [1.54, 1.807) is 0 Å². The summed E-state index contributed by atoms with van der Waals surface area (Å²) in [5.41, 5.74) is 0.383. The summed E-state index contributed by atoms with van der Waals surface area (Å²) in [6.07, 6.45) is 0. The van der Waals surface area contributed by atoms with Crippen LogP contribution in [-0.2, 0) is 4.43 Å². The van der Waals surface area contributed by atoms with Crippen molar-refractivity contribution in [1.82, 2.24) is 0 Å². The molecule has 1 rings (SSSR count). The number of halogens is 4. The van der Waals surface area contributed by atoms with E-state index in [2.05, 4.69) is 0 Å². The number of rotatable bonds is 1. The van der Waals surface area contributed by atoms with Crippen LogP contribution < -0.4 is 0 Å². The van der Waals surface area contributed by atoms with Gasteiger partial charge < -0.3 is 10.2 Å². The molecule has 0 aromatic heterocycles. The molecule has 0 aliphatic carbocycles. The summed E-state index contributed by atoms with van der Waals surface area (Å²) in [6, 6.07) is 0. The molecule has 0 radical (unpaired) electrons. The number of hydrogen-bond acceptors (Lipinski definition) is 2. The van der Waals surface area contributed by atoms with Gasteiger partial charge in [0.15, 0.2) is 5.75 Å². The second-order valence-electron chi connectivity index (χ2n) is 2.25. The van der Waals surface area contributed by atoms with E-state index >= 15 is 0 Å². The van der Waals surface area contributed by atoms with Crippen LogP contribution in [0.25, 0.3) is 0 Å². The molecule has 2 nitrogen and oxygen atoms in total. The average Bonchev–Trinajstić information content (AvgIpc) is 2.13. The second kappa shape index (κ2) is 4.29. The van der Waals surface area contributed by atoms with Crippen molar-refractivity contribution in [2.24, 2.45) is 0 Å². The minimum absolute atomic E-state index is 0.0429. The highest BCUT2D eigenvalue weighted by Gasteiger charge is 2.19. The summed E-state index contributed by atoms with van der Waals surface area (Å²) < 4.78 is 0.437. The van der Waals surface area contributed by atoms with E-state index < -0.39 is 0 Å². The molecule has 6 heteroatoms. The van der Waals surface area contributed by atoms with Gasteiger partial charge in [-0.15, -0.1) is 0 Å². The minimum Gasteiger partial charge on any atom is -0.506 e. The Balaban J connectivity index is 3.56. The van der Waals surface area contributed by atoms with E-state index in [1.807, 2.05) is 22.6 Å². The van der Waals surface area contributed by atoms with E-state index in [-0.39, 0.29) is 26.6 Å². The molecule has 1 aromatic rings. The van der Waals surface area contributed by atoms with Crippen molar-refractivity contribution in [2.75, 3.05) is 0 Å². The van der Waals surface area contributed by atoms with Gasteiger partial charge in [-0.2, -0.15) is 0 Å². The Morgan fingerprint density at radius 3 is 1.85 bits per heavy atom. The lowest BCUT2D eigenvalue weighted by Crippen LogP contribution is -1.85. The largest absolute Gasteiger partial charge is 0.506 e. The molecule has 0 bridgehead atoms. The molecule has 2 N–H and O–H groups in total. The van der Waals surface area contributed by atoms with Gasteiger partial charge in [0.05, 0.1) is 5.02 Å². The van der Waals surface area contributed by atoms with E-state index in [9.17, 15) is 10.2 Å². The standard InChI is InChI=1S/C7H4Cl3IO2/c8-3-2(1-11)6(12)4(9)5(10)7(3)13/h12-13H,1H2. The number of aromatic hydroxyl groups is 2. The SMILES string of the molecule is Oc1c(Cl)c(Cl)c(O)c(CI)c1Cl. The first kappa shape index (κ1) is 11.5. The Hall–Kier alpha value is 0.420. The molecule has 0 spiro atoms. The van der Waals surface area contributed by atoms with Crippen LogP contribution in [0.2, 0.25) is 15.1 Å². The fourth-order valence-corrected chi connectivity index (χ4v) is 2.46. The van der Waals surface area contributed by atoms with E-state index in [0.717, 1.165) is 0 Å². The van der Waals surface area contributed by atoms with Crippen molar-refractivity contribution >= 4 is 57.4 Å². The predicted octanol–water partition coefficient (Wildman–Crippen LogP) is 3.99. The van der Waals surface area contributed by atoms with Gasteiger partial charge in [-0.05, 0) is 0 Å². The molecule has 0 saturated heterocycles. The van der Waals surface area contributed by atoms with Gasteiger partial charge >= 0.3 is 0 Å². The van der Waals surface area contributed by atoms with Crippen molar-refractivity contribution in [3.05, 3.63) is 20.6 Å². The van der Waals surface area contributed by atoms with E-state index in [4.69, 9.17) is 34.8 Å². The smallest absolute Gasteiger partial charge is 0.154 e. The number of phenols is 2. The summed E-state index contributed by atoms with van der Waals surface area (Å²) in [7, 11) is 0. The highest BCUT2D eigenvalue weighted by Crippen LogP contribution is 2.46. The minimum atomic E-state index is -0.294. The molecule has 0 fully saturated rings. The predicted molar refractivity (Wildman–Crippen MR) is 62.5 cm³/mol. The molecule has 0 aliphatic heterocycles. The third kappa shape index (κ3) is 1.93. The first-order valence-electron chi connectivity index (χ1n) is 3.13. The topological polar surface area (TPSA) is 40.5 Å². The van der Waals surface area contributed by atoms with Crippen molar-refractivity contribution in [2.45, 2.75) is 4.43 Å². The van der Waals surface area contributed by atoms with Gasteiger partial charge in [0.25, 0.3) is 0 Å². The van der Waals surface area contributed by atoms with Crippen LogP contribution in [0.1, 0.15) is 5.56 Å². The Morgan fingerprint density at radius 1 is 0.923 bits per heavy atom. The Bertz CT molecular complexity index is 325. The highest BCUT2D eigenvalue weighted by molar-refractivity contribution is 14.1. The fourth-order valence-electron chi connectivity index (χ4n) is 0.806. The molecule has 0 unspecified atom stereocenters. The van der Waals surface area contributed by atoms with Gasteiger partial charge in [-0.25, -0.2) is 0 Å². The molecule has 0 amide bonds. The number of phenolic OH excluding ortho intramolecular Hbond substituents is 2. The third-order valence-electron chi connectivity index (χ3n) is 1.50. The molecule has 0 saturated carbocycles. The second-order valence-corrected chi connectivity index (χ2v) is 4.15. The maximum absolute atomic E-state index is 9.47. The summed E-state index contributed by atoms with van der Waals surface area (Å²) in [5, 5.41) is 18.7. The van der Waals surface area contributed by atoms with Gasteiger partial charge in [0, 0.05) is 9.99 Å². The lowest BCUT2D eigenvalue weighted by atomic mass is 10.2. The maximum atomic E-state index is 9.47. The highest BCUT2D eigenvalue weighted by atomic mass is 127. The molecular formula is C7H4Cl3IO2. The fraction of sp³-hybridized carbons (Fsp3) is 0.143. The van der Waals surface area contributed by atoms with Crippen molar-refractivity contribution < 1.29 is 10.2 Å². The van der Waals surface area contributed by atoms with Gasteiger partial charge in [-0.1, -0.05) is 57.4 Å². The van der Waals surface area contributed by atoms with Crippen LogP contribution in [0.3, 0.4) is 0 Å². The van der Waals surface area contributed by atoms with E-state index in [0.29, 0.717) is 9.99 Å². The third-order valence-corrected chi connectivity index (χ3v) is 3.50. The maximum Gasteiger partial charge on any atom is 0.154 e. The Morgan fingerprint density at radius 2 is 1.38 bits per heavy atom. The summed E-state index contributed by atoms with van der Waals surface area (Å²) in [6.45, 7) is 0. The molecule has 1 aromatic carbocycles. The zero-order valence-electron chi connectivity index (χ0n) is 6.11. The van der Waals surface area contributed by atoms with E-state index in [1.165, 1.54) is 0 Å². The van der Waals surface area contributed by atoms with Crippen molar-refractivity contribution in [1.29, 1.82) is 0 Å². The number of hydrogen-bond donors (Lipinski definition) is 2. The van der Waals surface area contributed by atoms with Crippen LogP contribution in [0.4, 0.5) is 0 Å². The van der Waals surface area contributed by atoms with Crippen LogP contribution in [0, 0.1) is 0 Å². The lowest BCUT2D eigenvalue weighted by molar-refractivity contribution is 0.457. The number of benzene rings is 1. The van der Waals surface area contributed by atoms with Gasteiger partial charge in [0.2, 0.25) is 0 Å². The molecule has 0 heterocycles. The summed E-state index contributed by atoms with van der Waals surface area (Å²) in [5.74, 6) is -0.471. The lowest BCUT2D eigenvalue weighted by Gasteiger charge is -2.09. The van der Waals surface area contributed by atoms with Crippen molar-refractivity contribution in [3.63, 3.8) is 0 Å². The molecule has 72 valence electrons. The Kier molecular flexibility index (Phi) is 3.80. The van der Waals surface area contributed by atoms with Crippen LogP contribution in [0.15, 0.2) is 0 Å². The zero-order valence-corrected chi connectivity index (χ0v) is 10.5. The van der Waals surface area contributed by atoms with Crippen LogP contribution in [0.5, 0.6) is 11.5 Å². The first-order chi connectivity index (χ1) is 6.00. The Labute approximate surface area is 104 Å². The average molecular weight is 353 g/mol. The van der Waals surface area contributed by atoms with Gasteiger partial charge in [0.1, 0.15) is 15.8 Å². The molecule has 0 aliphatic rings. The van der Waals surface area contributed by atoms with Crippen LogP contribution >= 0.6 is 57.4 Å². The normalized spacial score (nSPS) is 10.5. The summed E-state index contributed by atoms with van der Waals surface area (Å²) in [4.78, 5) is 0. The molecule has 13 heavy (non-hydrogen) atoms. The first-order valence-corrected chi connectivity index (χ1v) is 5.79. The van der Waals surface area contributed by atoms with Crippen molar-refractivity contribution in [3.8, 4) is 11.5 Å². The monoisotopic (exact) mass is 352 g/mol. The molecular weight excluding hydrogens is 349 g/mol. The van der Waals surface area contributed by atoms with Gasteiger partial charge in [-0.3, -0.25) is 0 Å². The summed E-state index contributed by atoms with van der Waals surface area (Å²) >= 11 is 18.9. The zero-order chi connectivity index (χ0) is 10.2. The van der Waals surface area contributed by atoms with Crippen LogP contribution in [-0.4, -0.2) is 10.2 Å². The quantitative estimate of drug-likeness (QED) is 0.347. The molecule has 0 atom stereocenters. The number of alkyl halides is 1.